The van der Waals surface area contributed by atoms with E-state index in [2.05, 4.69) is 4.98 Å². The highest BCUT2D eigenvalue weighted by atomic mass is 32.2. The van der Waals surface area contributed by atoms with Crippen LogP contribution in [0.1, 0.15) is 25.8 Å². The van der Waals surface area contributed by atoms with Crippen molar-refractivity contribution in [2.24, 2.45) is 5.92 Å². The maximum absolute atomic E-state index is 13.3. The number of aromatic nitrogens is 1. The van der Waals surface area contributed by atoms with Gasteiger partial charge in [0.2, 0.25) is 10.0 Å². The molecule has 0 saturated carbocycles. The van der Waals surface area contributed by atoms with Gasteiger partial charge >= 0.3 is 0 Å². The number of fused-ring (bicyclic) bond motifs is 1. The average molecular weight is 434 g/mol. The Kier molecular flexibility index (Phi) is 6.89. The summed E-state index contributed by atoms with van der Waals surface area (Å²) in [5.41, 5.74) is 7.55. The first-order valence-electron chi connectivity index (χ1n) is 9.64. The Morgan fingerprint density at radius 3 is 2.55 bits per heavy atom. The molecule has 1 atom stereocenters. The van der Waals surface area contributed by atoms with Gasteiger partial charge in [0.1, 0.15) is 0 Å². The zero-order valence-corrected chi connectivity index (χ0v) is 18.3. The maximum Gasteiger partial charge on any atom is 0.243 e. The fourth-order valence-electron chi connectivity index (χ4n) is 3.21. The first-order chi connectivity index (χ1) is 13.8. The third kappa shape index (κ3) is 5.54. The first-order valence-corrected chi connectivity index (χ1v) is 11.9. The molecule has 0 fully saturated rings. The molecule has 1 aromatic heterocycles. The zero-order valence-electron chi connectivity index (χ0n) is 16.7. The predicted molar refractivity (Wildman–Crippen MR) is 118 cm³/mol. The summed E-state index contributed by atoms with van der Waals surface area (Å²) >= 11 is 1.26. The molecule has 1 unspecified atom stereocenters. The minimum absolute atomic E-state index is 0.0657. The van der Waals surface area contributed by atoms with E-state index in [9.17, 15) is 13.5 Å². The number of nitrogen functional groups attached to an aromatic ring is 1. The van der Waals surface area contributed by atoms with Crippen molar-refractivity contribution in [2.75, 3.05) is 18.8 Å². The highest BCUT2D eigenvalue weighted by molar-refractivity contribution is 7.89. The molecule has 29 heavy (non-hydrogen) atoms. The molecule has 0 bridgehead atoms. The number of benzene rings is 2. The first kappa shape index (κ1) is 21.7. The van der Waals surface area contributed by atoms with Crippen LogP contribution in [0.2, 0.25) is 0 Å². The molecular formula is C21H27N3O3S2. The number of anilines is 1. The Bertz CT molecular complexity index is 1050. The van der Waals surface area contributed by atoms with Crippen molar-refractivity contribution < 1.29 is 13.5 Å². The summed E-state index contributed by atoms with van der Waals surface area (Å²) in [4.78, 5) is 4.38. The van der Waals surface area contributed by atoms with E-state index in [1.165, 1.54) is 15.6 Å². The second kappa shape index (κ2) is 9.21. The minimum Gasteiger partial charge on any atom is -0.392 e. The van der Waals surface area contributed by atoms with Gasteiger partial charge in [-0.05, 0) is 42.5 Å². The Morgan fingerprint density at radius 1 is 1.14 bits per heavy atom. The molecular weight excluding hydrogens is 406 g/mol. The van der Waals surface area contributed by atoms with Crippen LogP contribution in [-0.2, 0) is 16.4 Å². The van der Waals surface area contributed by atoms with Crippen molar-refractivity contribution in [3.63, 3.8) is 0 Å². The monoisotopic (exact) mass is 433 g/mol. The number of thiazole rings is 1. The number of aliphatic hydroxyl groups excluding tert-OH is 1. The van der Waals surface area contributed by atoms with Gasteiger partial charge in [-0.2, -0.15) is 4.31 Å². The summed E-state index contributed by atoms with van der Waals surface area (Å²) in [5, 5.41) is 11.0. The lowest BCUT2D eigenvalue weighted by Gasteiger charge is -2.26. The van der Waals surface area contributed by atoms with Crippen molar-refractivity contribution in [1.29, 1.82) is 0 Å². The van der Waals surface area contributed by atoms with Crippen molar-refractivity contribution in [1.82, 2.24) is 9.29 Å². The normalized spacial score (nSPS) is 13.4. The van der Waals surface area contributed by atoms with E-state index in [1.807, 2.05) is 44.2 Å². The van der Waals surface area contributed by atoms with Gasteiger partial charge < -0.3 is 10.8 Å². The van der Waals surface area contributed by atoms with Crippen molar-refractivity contribution in [3.05, 3.63) is 54.1 Å². The molecule has 3 N–H and O–H groups in total. The molecule has 0 amide bonds. The van der Waals surface area contributed by atoms with E-state index in [4.69, 9.17) is 5.73 Å². The quantitative estimate of drug-likeness (QED) is 0.538. The summed E-state index contributed by atoms with van der Waals surface area (Å²) in [7, 11) is -3.74. The lowest BCUT2D eigenvalue weighted by atomic mass is 10.1. The van der Waals surface area contributed by atoms with Crippen LogP contribution < -0.4 is 5.73 Å². The molecule has 2 aromatic carbocycles. The summed E-state index contributed by atoms with van der Waals surface area (Å²) < 4.78 is 28.7. The lowest BCUT2D eigenvalue weighted by Crippen LogP contribution is -2.40. The maximum atomic E-state index is 13.3. The summed E-state index contributed by atoms with van der Waals surface area (Å²) in [6, 6.07) is 14.7. The highest BCUT2D eigenvalue weighted by Crippen LogP contribution is 2.28. The molecule has 156 valence electrons. The number of nitrogens with zero attached hydrogens (tertiary/aromatic N) is 2. The lowest BCUT2D eigenvalue weighted by molar-refractivity contribution is 0.133. The zero-order chi connectivity index (χ0) is 21.0. The molecule has 0 saturated heterocycles. The number of nitrogens with two attached hydrogens (primary N) is 1. The number of rotatable bonds is 9. The van der Waals surface area contributed by atoms with Gasteiger partial charge in [0, 0.05) is 13.1 Å². The van der Waals surface area contributed by atoms with Gasteiger partial charge in [-0.25, -0.2) is 13.4 Å². The summed E-state index contributed by atoms with van der Waals surface area (Å²) in [6.07, 6.45) is 0.453. The van der Waals surface area contributed by atoms with E-state index in [0.717, 1.165) is 10.3 Å². The molecule has 0 aliphatic rings. The third-order valence-corrected chi connectivity index (χ3v) is 7.28. The van der Waals surface area contributed by atoms with Gasteiger partial charge in [-0.3, -0.25) is 0 Å². The van der Waals surface area contributed by atoms with Gasteiger partial charge in [-0.15, -0.1) is 0 Å². The smallest absolute Gasteiger partial charge is 0.243 e. The second-order valence-corrected chi connectivity index (χ2v) is 10.6. The molecule has 1 heterocycles. The number of hydrogen-bond acceptors (Lipinski definition) is 6. The molecule has 3 rings (SSSR count). The van der Waals surface area contributed by atoms with Gasteiger partial charge in [0.25, 0.3) is 0 Å². The summed E-state index contributed by atoms with van der Waals surface area (Å²) in [5.74, 6) is 0.133. The topological polar surface area (TPSA) is 96.5 Å². The SMILES string of the molecule is CC(C)CN(CC(O)CCc1ccccc1)S(=O)(=O)c1ccc2nc(N)sc2c1. The molecule has 8 heteroatoms. The van der Waals surface area contributed by atoms with Crippen LogP contribution in [0.3, 0.4) is 0 Å². The van der Waals surface area contributed by atoms with Crippen LogP contribution in [0.4, 0.5) is 5.13 Å². The van der Waals surface area contributed by atoms with Crippen LogP contribution in [0.15, 0.2) is 53.4 Å². The predicted octanol–water partition coefficient (Wildman–Crippen LogP) is 3.52. The number of aryl methyl sites for hydroxylation is 1. The Balaban J connectivity index is 1.78. The van der Waals surface area contributed by atoms with Crippen molar-refractivity contribution in [2.45, 2.75) is 37.7 Å². The second-order valence-electron chi connectivity index (χ2n) is 7.58. The molecule has 0 radical (unpaired) electrons. The van der Waals surface area contributed by atoms with Crippen LogP contribution in [0.25, 0.3) is 10.2 Å². The van der Waals surface area contributed by atoms with Crippen LogP contribution in [-0.4, -0.2) is 42.0 Å². The fourth-order valence-corrected chi connectivity index (χ4v) is 5.73. The van der Waals surface area contributed by atoms with Gasteiger partial charge in [0.15, 0.2) is 5.13 Å². The number of hydrogen-bond donors (Lipinski definition) is 2. The van der Waals surface area contributed by atoms with Crippen molar-refractivity contribution >= 4 is 36.7 Å². The Labute approximate surface area is 176 Å². The van der Waals surface area contributed by atoms with Gasteiger partial charge in [-0.1, -0.05) is 55.5 Å². The Hall–Kier alpha value is -2.00. The van der Waals surface area contributed by atoms with E-state index < -0.39 is 16.1 Å². The molecule has 3 aromatic rings. The highest BCUT2D eigenvalue weighted by Gasteiger charge is 2.27. The van der Waals surface area contributed by atoms with Crippen molar-refractivity contribution in [3.8, 4) is 0 Å². The minimum atomic E-state index is -3.74. The molecule has 6 nitrogen and oxygen atoms in total. The number of sulfonamides is 1. The number of aliphatic hydroxyl groups is 1. The fraction of sp³-hybridized carbons (Fsp3) is 0.381. The standard InChI is InChI=1S/C21H27N3O3S2/c1-15(2)13-24(14-17(25)9-8-16-6-4-3-5-7-16)29(26,27)18-10-11-19-20(12-18)28-21(22)23-19/h3-7,10-12,15,17,25H,8-9,13-14H2,1-2H3,(H2,22,23). The van der Waals surface area contributed by atoms with E-state index >= 15 is 0 Å². The van der Waals surface area contributed by atoms with Crippen LogP contribution in [0.5, 0.6) is 0 Å². The third-order valence-electron chi connectivity index (χ3n) is 4.61. The van der Waals surface area contributed by atoms with E-state index in [-0.39, 0.29) is 17.4 Å². The summed E-state index contributed by atoms with van der Waals surface area (Å²) in [6.45, 7) is 4.34. The van der Waals surface area contributed by atoms with E-state index in [1.54, 1.807) is 18.2 Å². The molecule has 0 aliphatic carbocycles. The largest absolute Gasteiger partial charge is 0.392 e. The van der Waals surface area contributed by atoms with Crippen LogP contribution >= 0.6 is 11.3 Å². The molecule has 0 spiro atoms. The van der Waals surface area contributed by atoms with Gasteiger partial charge in [0.05, 0.1) is 21.2 Å². The van der Waals surface area contributed by atoms with Crippen LogP contribution in [0, 0.1) is 5.92 Å². The van der Waals surface area contributed by atoms with E-state index in [0.29, 0.717) is 30.0 Å². The Morgan fingerprint density at radius 2 is 1.86 bits per heavy atom. The molecule has 0 aliphatic heterocycles. The average Bonchev–Trinajstić information content (AvgIpc) is 3.05.